The fraction of sp³-hybridized carbons (Fsp3) is 0.519. The number of Topliss-reactive ketones (excluding diaryl/α,β-unsaturated/α-hetero) is 1. The highest BCUT2D eigenvalue weighted by Crippen LogP contribution is 2.20. The van der Waals surface area contributed by atoms with Crippen LogP contribution in [-0.4, -0.2) is 19.0 Å². The second-order valence-electron chi connectivity index (χ2n) is 8.07. The van der Waals surface area contributed by atoms with Gasteiger partial charge < -0.3 is 4.74 Å². The molecule has 31 heavy (non-hydrogen) atoms. The Morgan fingerprint density at radius 3 is 1.94 bits per heavy atom. The summed E-state index contributed by atoms with van der Waals surface area (Å²) in [5.41, 5.74) is 3.64. The highest BCUT2D eigenvalue weighted by atomic mass is 16.5. The zero-order chi connectivity index (χ0) is 22.2. The van der Waals surface area contributed by atoms with Gasteiger partial charge in [0.2, 0.25) is 0 Å². The first-order valence-corrected chi connectivity index (χ1v) is 11.9. The minimum absolute atomic E-state index is 0.0981. The zero-order valence-electron chi connectivity index (χ0n) is 19.3. The molecule has 0 saturated carbocycles. The molecule has 0 amide bonds. The Kier molecular flexibility index (Phi) is 12.4. The summed E-state index contributed by atoms with van der Waals surface area (Å²) >= 11 is 0. The molecule has 4 nitrogen and oxygen atoms in total. The Hall–Kier alpha value is -2.33. The first-order chi connectivity index (χ1) is 15.2. The topological polar surface area (TPSA) is 51.0 Å². The molecule has 0 bridgehead atoms. The minimum Gasteiger partial charge on any atom is -0.381 e. The fourth-order valence-corrected chi connectivity index (χ4v) is 3.33. The Bertz CT molecular complexity index is 767. The molecule has 2 aromatic rings. The molecule has 0 unspecified atom stereocenters. The number of azo groups is 1. The minimum atomic E-state index is 0.0981. The van der Waals surface area contributed by atoms with Gasteiger partial charge in [0.25, 0.3) is 0 Å². The van der Waals surface area contributed by atoms with Crippen LogP contribution in [0.15, 0.2) is 58.8 Å². The second-order valence-corrected chi connectivity index (χ2v) is 8.07. The average molecular weight is 423 g/mol. The summed E-state index contributed by atoms with van der Waals surface area (Å²) in [4.78, 5) is 12.2. The smallest absolute Gasteiger partial charge is 0.165 e. The van der Waals surface area contributed by atoms with Crippen molar-refractivity contribution in [3.63, 3.8) is 0 Å². The van der Waals surface area contributed by atoms with Crippen LogP contribution in [0.25, 0.3) is 0 Å². The highest BCUT2D eigenvalue weighted by molar-refractivity contribution is 5.96. The number of carbonyl (C=O) groups is 1. The number of rotatable bonds is 16. The van der Waals surface area contributed by atoms with Crippen LogP contribution >= 0.6 is 0 Å². The van der Waals surface area contributed by atoms with E-state index in [1.165, 1.54) is 44.1 Å². The number of benzene rings is 2. The summed E-state index contributed by atoms with van der Waals surface area (Å²) in [7, 11) is 0. The van der Waals surface area contributed by atoms with Crippen LogP contribution in [0.4, 0.5) is 11.4 Å². The van der Waals surface area contributed by atoms with Crippen molar-refractivity contribution in [2.75, 3.05) is 13.2 Å². The van der Waals surface area contributed by atoms with Crippen LogP contribution < -0.4 is 0 Å². The third-order valence-corrected chi connectivity index (χ3v) is 5.34. The van der Waals surface area contributed by atoms with E-state index in [9.17, 15) is 4.79 Å². The molecule has 0 aliphatic heterocycles. The van der Waals surface area contributed by atoms with Gasteiger partial charge in [0.05, 0.1) is 18.0 Å². The van der Waals surface area contributed by atoms with E-state index in [1.54, 1.807) is 0 Å². The Morgan fingerprint density at radius 2 is 1.29 bits per heavy atom. The molecule has 168 valence electrons. The van der Waals surface area contributed by atoms with Crippen LogP contribution in [0.3, 0.4) is 0 Å². The van der Waals surface area contributed by atoms with E-state index in [-0.39, 0.29) is 5.78 Å². The average Bonchev–Trinajstić information content (AvgIpc) is 2.81. The molecule has 0 N–H and O–H groups in total. The van der Waals surface area contributed by atoms with Crippen LogP contribution in [0.2, 0.25) is 0 Å². The molecule has 0 aromatic heterocycles. The van der Waals surface area contributed by atoms with Gasteiger partial charge in [-0.25, -0.2) is 0 Å². The maximum absolute atomic E-state index is 12.2. The number of hydrogen-bond acceptors (Lipinski definition) is 4. The lowest BCUT2D eigenvalue weighted by atomic mass is 10.0. The summed E-state index contributed by atoms with van der Waals surface area (Å²) in [5.74, 6) is 0.0981. The van der Waals surface area contributed by atoms with Gasteiger partial charge in [0.15, 0.2) is 5.78 Å². The number of nitrogens with zero attached hydrogens (tertiary/aromatic N) is 2. The van der Waals surface area contributed by atoms with Crippen molar-refractivity contribution in [3.05, 3.63) is 59.7 Å². The summed E-state index contributed by atoms with van der Waals surface area (Å²) < 4.78 is 5.47. The standard InChI is InChI=1S/C27H38N2O2/c1-3-5-7-8-9-10-11-23-12-16-25(17-13-23)28-29-26-18-14-24(15-19-26)27(30)20-22-31-21-6-4-2/h12-19H,3-11,20-22H2,1-2H3/b29-28+. The van der Waals surface area contributed by atoms with Gasteiger partial charge in [-0.2, -0.15) is 10.2 Å². The second kappa shape index (κ2) is 15.5. The first-order valence-electron chi connectivity index (χ1n) is 11.9. The first kappa shape index (κ1) is 24.9. The predicted molar refractivity (Wildman–Crippen MR) is 129 cm³/mol. The molecule has 2 rings (SSSR count). The van der Waals surface area contributed by atoms with Gasteiger partial charge in [-0.15, -0.1) is 0 Å². The lowest BCUT2D eigenvalue weighted by Gasteiger charge is -2.03. The van der Waals surface area contributed by atoms with Crippen molar-refractivity contribution in [1.82, 2.24) is 0 Å². The molecule has 0 aliphatic carbocycles. The molecule has 0 fully saturated rings. The summed E-state index contributed by atoms with van der Waals surface area (Å²) in [6.45, 7) is 5.58. The molecular formula is C27H38N2O2. The van der Waals surface area contributed by atoms with Crippen molar-refractivity contribution in [2.45, 2.75) is 78.1 Å². The monoisotopic (exact) mass is 422 g/mol. The Morgan fingerprint density at radius 1 is 0.710 bits per heavy atom. The molecular weight excluding hydrogens is 384 g/mol. The maximum atomic E-state index is 12.2. The fourth-order valence-electron chi connectivity index (χ4n) is 3.33. The van der Waals surface area contributed by atoms with Crippen molar-refractivity contribution >= 4 is 17.2 Å². The molecule has 0 aliphatic rings. The number of ether oxygens (including phenoxy) is 1. The van der Waals surface area contributed by atoms with E-state index in [4.69, 9.17) is 4.74 Å². The molecule has 0 saturated heterocycles. The molecule has 0 heterocycles. The third-order valence-electron chi connectivity index (χ3n) is 5.34. The van der Waals surface area contributed by atoms with Crippen LogP contribution in [0.1, 0.15) is 87.6 Å². The van der Waals surface area contributed by atoms with Crippen molar-refractivity contribution in [2.24, 2.45) is 10.2 Å². The van der Waals surface area contributed by atoms with E-state index in [0.717, 1.165) is 37.2 Å². The SMILES string of the molecule is CCCCCCCCc1ccc(/N=N/c2ccc(C(=O)CCOCCCC)cc2)cc1. The van der Waals surface area contributed by atoms with E-state index in [2.05, 4.69) is 36.2 Å². The lowest BCUT2D eigenvalue weighted by Crippen LogP contribution is -2.05. The summed E-state index contributed by atoms with van der Waals surface area (Å²) in [6.07, 6.45) is 11.6. The third kappa shape index (κ3) is 10.5. The number of hydrogen-bond donors (Lipinski definition) is 0. The quantitative estimate of drug-likeness (QED) is 0.155. The van der Waals surface area contributed by atoms with Crippen molar-refractivity contribution in [1.29, 1.82) is 0 Å². The van der Waals surface area contributed by atoms with Gasteiger partial charge in [0.1, 0.15) is 0 Å². The number of ketones is 1. The van der Waals surface area contributed by atoms with Gasteiger partial charge in [-0.05, 0) is 61.2 Å². The number of unbranched alkanes of at least 4 members (excludes halogenated alkanes) is 6. The molecule has 4 heteroatoms. The van der Waals surface area contributed by atoms with Crippen LogP contribution in [0.5, 0.6) is 0 Å². The predicted octanol–water partition coefficient (Wildman–Crippen LogP) is 8.39. The van der Waals surface area contributed by atoms with Gasteiger partial charge in [-0.1, -0.05) is 64.5 Å². The number of carbonyl (C=O) groups excluding carboxylic acids is 1. The molecule has 0 spiro atoms. The zero-order valence-corrected chi connectivity index (χ0v) is 19.3. The van der Waals surface area contributed by atoms with Crippen LogP contribution in [-0.2, 0) is 11.2 Å². The van der Waals surface area contributed by atoms with Gasteiger partial charge >= 0.3 is 0 Å². The van der Waals surface area contributed by atoms with Crippen molar-refractivity contribution in [3.8, 4) is 0 Å². The summed E-state index contributed by atoms with van der Waals surface area (Å²) in [5, 5.41) is 8.62. The molecule has 0 atom stereocenters. The normalized spacial score (nSPS) is 11.3. The Balaban J connectivity index is 1.74. The van der Waals surface area contributed by atoms with E-state index in [1.807, 2.05) is 36.4 Å². The van der Waals surface area contributed by atoms with Gasteiger partial charge in [0, 0.05) is 18.6 Å². The molecule has 2 aromatic carbocycles. The van der Waals surface area contributed by atoms with Crippen LogP contribution in [0, 0.1) is 0 Å². The summed E-state index contributed by atoms with van der Waals surface area (Å²) in [6, 6.07) is 15.6. The Labute approximate surface area is 188 Å². The van der Waals surface area contributed by atoms with Gasteiger partial charge in [-0.3, -0.25) is 4.79 Å². The maximum Gasteiger partial charge on any atom is 0.165 e. The largest absolute Gasteiger partial charge is 0.381 e. The van der Waals surface area contributed by atoms with E-state index in [0.29, 0.717) is 18.6 Å². The van der Waals surface area contributed by atoms with E-state index < -0.39 is 0 Å². The lowest BCUT2D eigenvalue weighted by molar-refractivity contribution is 0.0873. The van der Waals surface area contributed by atoms with Crippen molar-refractivity contribution < 1.29 is 9.53 Å². The number of aryl methyl sites for hydroxylation is 1. The highest BCUT2D eigenvalue weighted by Gasteiger charge is 2.05. The van der Waals surface area contributed by atoms with E-state index >= 15 is 0 Å². The molecule has 0 radical (unpaired) electrons.